The molecule has 0 aliphatic heterocycles. The molecule has 0 bridgehead atoms. The van der Waals surface area contributed by atoms with Crippen molar-refractivity contribution in [2.45, 2.75) is 13.8 Å². The molecule has 0 radical (unpaired) electrons. The van der Waals surface area contributed by atoms with E-state index in [4.69, 9.17) is 4.74 Å². The van der Waals surface area contributed by atoms with Crippen LogP contribution >= 0.6 is 0 Å². The van der Waals surface area contributed by atoms with Crippen molar-refractivity contribution in [3.63, 3.8) is 0 Å². The van der Waals surface area contributed by atoms with Crippen LogP contribution in [0.4, 0.5) is 5.69 Å². The Labute approximate surface area is 133 Å². The second-order valence-corrected chi connectivity index (χ2v) is 4.49. The zero-order valence-electron chi connectivity index (χ0n) is 13.0. The zero-order valence-corrected chi connectivity index (χ0v) is 13.0. The third-order valence-electron chi connectivity index (χ3n) is 2.64. The SMILES string of the molecule is CCOC(=O)c1ccc(NC(=O)C(=O)NCCNC(C)=O)cc1. The minimum Gasteiger partial charge on any atom is -0.462 e. The molecule has 23 heavy (non-hydrogen) atoms. The Kier molecular flexibility index (Phi) is 7.25. The lowest BCUT2D eigenvalue weighted by Crippen LogP contribution is -2.39. The van der Waals surface area contributed by atoms with Crippen molar-refractivity contribution in [3.05, 3.63) is 29.8 Å². The number of nitrogens with one attached hydrogen (secondary N) is 3. The number of hydrogen-bond acceptors (Lipinski definition) is 5. The molecule has 0 aromatic heterocycles. The molecule has 0 aliphatic carbocycles. The molecule has 1 aromatic carbocycles. The number of esters is 1. The van der Waals surface area contributed by atoms with E-state index in [0.717, 1.165) is 0 Å². The van der Waals surface area contributed by atoms with Gasteiger partial charge in [0.2, 0.25) is 5.91 Å². The van der Waals surface area contributed by atoms with Crippen LogP contribution in [0.3, 0.4) is 0 Å². The van der Waals surface area contributed by atoms with E-state index in [-0.39, 0.29) is 25.6 Å². The van der Waals surface area contributed by atoms with E-state index < -0.39 is 17.8 Å². The first-order valence-corrected chi connectivity index (χ1v) is 7.04. The summed E-state index contributed by atoms with van der Waals surface area (Å²) in [5.74, 6) is -2.33. The van der Waals surface area contributed by atoms with Crippen molar-refractivity contribution in [1.29, 1.82) is 0 Å². The van der Waals surface area contributed by atoms with Gasteiger partial charge in [0.15, 0.2) is 0 Å². The van der Waals surface area contributed by atoms with Crippen LogP contribution in [0.1, 0.15) is 24.2 Å². The number of carbonyl (C=O) groups is 4. The van der Waals surface area contributed by atoms with Crippen molar-refractivity contribution in [3.8, 4) is 0 Å². The average Bonchev–Trinajstić information content (AvgIpc) is 2.52. The fourth-order valence-electron chi connectivity index (χ4n) is 1.59. The monoisotopic (exact) mass is 321 g/mol. The Morgan fingerprint density at radius 1 is 0.957 bits per heavy atom. The first-order valence-electron chi connectivity index (χ1n) is 7.04. The van der Waals surface area contributed by atoms with Crippen LogP contribution < -0.4 is 16.0 Å². The molecule has 0 heterocycles. The van der Waals surface area contributed by atoms with Crippen LogP contribution in [-0.4, -0.2) is 43.4 Å². The summed E-state index contributed by atoms with van der Waals surface area (Å²) >= 11 is 0. The van der Waals surface area contributed by atoms with Gasteiger partial charge in [-0.25, -0.2) is 4.79 Å². The Morgan fingerprint density at radius 2 is 1.57 bits per heavy atom. The van der Waals surface area contributed by atoms with Crippen LogP contribution in [0.25, 0.3) is 0 Å². The molecule has 124 valence electrons. The topological polar surface area (TPSA) is 114 Å². The predicted octanol–water partition coefficient (Wildman–Crippen LogP) is 0.0541. The molecule has 1 rings (SSSR count). The van der Waals surface area contributed by atoms with Crippen LogP contribution in [0.15, 0.2) is 24.3 Å². The van der Waals surface area contributed by atoms with Crippen molar-refractivity contribution < 1.29 is 23.9 Å². The van der Waals surface area contributed by atoms with Crippen molar-refractivity contribution >= 4 is 29.4 Å². The first kappa shape index (κ1) is 18.1. The summed E-state index contributed by atoms with van der Waals surface area (Å²) in [6.45, 7) is 3.72. The molecule has 0 aliphatic rings. The Morgan fingerprint density at radius 3 is 2.13 bits per heavy atom. The van der Waals surface area contributed by atoms with Gasteiger partial charge in [0, 0.05) is 25.7 Å². The highest BCUT2D eigenvalue weighted by Gasteiger charge is 2.13. The molecular weight excluding hydrogens is 302 g/mol. The van der Waals surface area contributed by atoms with Crippen LogP contribution in [0, 0.1) is 0 Å². The molecule has 0 fully saturated rings. The van der Waals surface area contributed by atoms with E-state index in [9.17, 15) is 19.2 Å². The summed E-state index contributed by atoms with van der Waals surface area (Å²) < 4.78 is 4.84. The quantitative estimate of drug-likeness (QED) is 0.389. The van der Waals surface area contributed by atoms with Crippen LogP contribution in [-0.2, 0) is 19.1 Å². The molecule has 0 unspecified atom stereocenters. The number of benzene rings is 1. The molecular formula is C15H19N3O5. The summed E-state index contributed by atoms with van der Waals surface area (Å²) in [6, 6.07) is 5.97. The summed E-state index contributed by atoms with van der Waals surface area (Å²) in [5.41, 5.74) is 0.727. The van der Waals surface area contributed by atoms with Gasteiger partial charge in [0.05, 0.1) is 12.2 Å². The second-order valence-electron chi connectivity index (χ2n) is 4.49. The van der Waals surface area contributed by atoms with E-state index >= 15 is 0 Å². The van der Waals surface area contributed by atoms with Gasteiger partial charge in [-0.1, -0.05) is 0 Å². The molecule has 8 nitrogen and oxygen atoms in total. The molecule has 0 spiro atoms. The molecule has 0 saturated heterocycles. The van der Waals surface area contributed by atoms with E-state index in [1.807, 2.05) is 0 Å². The molecule has 3 amide bonds. The van der Waals surface area contributed by atoms with E-state index in [0.29, 0.717) is 11.3 Å². The average molecular weight is 321 g/mol. The van der Waals surface area contributed by atoms with Crippen molar-refractivity contribution in [2.75, 3.05) is 25.0 Å². The fraction of sp³-hybridized carbons (Fsp3) is 0.333. The smallest absolute Gasteiger partial charge is 0.338 e. The number of ether oxygens (including phenoxy) is 1. The van der Waals surface area contributed by atoms with Crippen LogP contribution in [0.2, 0.25) is 0 Å². The summed E-state index contributed by atoms with van der Waals surface area (Å²) in [4.78, 5) is 45.3. The minimum absolute atomic E-state index is 0.146. The lowest BCUT2D eigenvalue weighted by molar-refractivity contribution is -0.136. The molecule has 3 N–H and O–H groups in total. The van der Waals surface area contributed by atoms with E-state index in [1.54, 1.807) is 6.92 Å². The number of amides is 3. The highest BCUT2D eigenvalue weighted by molar-refractivity contribution is 6.39. The molecule has 0 atom stereocenters. The van der Waals surface area contributed by atoms with Gasteiger partial charge in [0.1, 0.15) is 0 Å². The van der Waals surface area contributed by atoms with E-state index in [2.05, 4.69) is 16.0 Å². The highest BCUT2D eigenvalue weighted by Crippen LogP contribution is 2.10. The van der Waals surface area contributed by atoms with Gasteiger partial charge in [-0.15, -0.1) is 0 Å². The largest absolute Gasteiger partial charge is 0.462 e. The maximum absolute atomic E-state index is 11.7. The van der Waals surface area contributed by atoms with Crippen molar-refractivity contribution in [1.82, 2.24) is 10.6 Å². The van der Waals surface area contributed by atoms with Gasteiger partial charge in [0.25, 0.3) is 0 Å². The number of carbonyl (C=O) groups excluding carboxylic acids is 4. The standard InChI is InChI=1S/C15H19N3O5/c1-3-23-15(22)11-4-6-12(7-5-11)18-14(21)13(20)17-9-8-16-10(2)19/h4-7H,3,8-9H2,1-2H3,(H,16,19)(H,17,20)(H,18,21). The predicted molar refractivity (Wildman–Crippen MR) is 82.7 cm³/mol. The highest BCUT2D eigenvalue weighted by atomic mass is 16.5. The molecule has 0 saturated carbocycles. The zero-order chi connectivity index (χ0) is 17.2. The Bertz CT molecular complexity index is 583. The number of rotatable bonds is 6. The maximum Gasteiger partial charge on any atom is 0.338 e. The summed E-state index contributed by atoms with van der Waals surface area (Å²) in [5, 5.41) is 7.25. The minimum atomic E-state index is -0.836. The van der Waals surface area contributed by atoms with Gasteiger partial charge in [-0.2, -0.15) is 0 Å². The van der Waals surface area contributed by atoms with Gasteiger partial charge >= 0.3 is 17.8 Å². The molecule has 8 heteroatoms. The molecule has 1 aromatic rings. The third kappa shape index (κ3) is 6.60. The van der Waals surface area contributed by atoms with Gasteiger partial charge < -0.3 is 20.7 Å². The lowest BCUT2D eigenvalue weighted by Gasteiger charge is -2.07. The van der Waals surface area contributed by atoms with Crippen molar-refractivity contribution in [2.24, 2.45) is 0 Å². The first-order chi connectivity index (χ1) is 10.9. The number of anilines is 1. The summed E-state index contributed by atoms with van der Waals surface area (Å²) in [6.07, 6.45) is 0. The Balaban J connectivity index is 2.45. The summed E-state index contributed by atoms with van der Waals surface area (Å²) in [7, 11) is 0. The number of hydrogen-bond donors (Lipinski definition) is 3. The second kappa shape index (κ2) is 9.19. The van der Waals surface area contributed by atoms with Crippen LogP contribution in [0.5, 0.6) is 0 Å². The maximum atomic E-state index is 11.7. The Hall–Kier alpha value is -2.90. The third-order valence-corrected chi connectivity index (χ3v) is 2.64. The lowest BCUT2D eigenvalue weighted by atomic mass is 10.2. The normalized spacial score (nSPS) is 9.65. The van der Waals surface area contributed by atoms with Gasteiger partial charge in [-0.05, 0) is 31.2 Å². The van der Waals surface area contributed by atoms with E-state index in [1.165, 1.54) is 31.2 Å². The fourth-order valence-corrected chi connectivity index (χ4v) is 1.59. The van der Waals surface area contributed by atoms with Gasteiger partial charge in [-0.3, -0.25) is 14.4 Å².